The van der Waals surface area contributed by atoms with Gasteiger partial charge in [-0.05, 0) is 31.5 Å². The smallest absolute Gasteiger partial charge is 0.264 e. The van der Waals surface area contributed by atoms with Crippen molar-refractivity contribution in [1.82, 2.24) is 5.32 Å². The van der Waals surface area contributed by atoms with E-state index in [2.05, 4.69) is 5.32 Å². The first kappa shape index (κ1) is 14.2. The zero-order valence-corrected chi connectivity index (χ0v) is 12.9. The summed E-state index contributed by atoms with van der Waals surface area (Å²) >= 11 is 1.39. The maximum Gasteiger partial charge on any atom is 0.264 e. The standard InChI is InChI=1S/C15H18N2O3S/c1-15(5-6-20-8-15)17-14(18)13-12(16)10-4-3-9(19-2)7-11(10)21-13/h3-4,7H,5-6,8,16H2,1-2H3,(H,17,18). The molecule has 5 nitrogen and oxygen atoms in total. The van der Waals surface area contributed by atoms with Crippen molar-refractivity contribution in [2.75, 3.05) is 26.1 Å². The van der Waals surface area contributed by atoms with Gasteiger partial charge >= 0.3 is 0 Å². The Kier molecular flexibility index (Phi) is 3.51. The maximum atomic E-state index is 12.5. The van der Waals surface area contributed by atoms with Gasteiger partial charge < -0.3 is 20.5 Å². The van der Waals surface area contributed by atoms with E-state index in [9.17, 15) is 4.79 Å². The highest BCUT2D eigenvalue weighted by Crippen LogP contribution is 2.36. The van der Waals surface area contributed by atoms with E-state index in [1.807, 2.05) is 25.1 Å². The summed E-state index contributed by atoms with van der Waals surface area (Å²) in [5.74, 6) is 0.618. The van der Waals surface area contributed by atoms with Crippen LogP contribution >= 0.6 is 11.3 Å². The number of carbonyl (C=O) groups is 1. The van der Waals surface area contributed by atoms with Gasteiger partial charge in [-0.25, -0.2) is 0 Å². The van der Waals surface area contributed by atoms with Gasteiger partial charge in [0, 0.05) is 16.7 Å². The minimum absolute atomic E-state index is 0.138. The van der Waals surface area contributed by atoms with Crippen molar-refractivity contribution in [2.24, 2.45) is 0 Å². The largest absolute Gasteiger partial charge is 0.497 e. The fourth-order valence-electron chi connectivity index (χ4n) is 2.49. The summed E-state index contributed by atoms with van der Waals surface area (Å²) in [6.07, 6.45) is 0.817. The predicted molar refractivity (Wildman–Crippen MR) is 84.1 cm³/mol. The molecule has 1 fully saturated rings. The topological polar surface area (TPSA) is 73.6 Å². The molecule has 2 heterocycles. The normalized spacial score (nSPS) is 21.6. The Labute approximate surface area is 127 Å². The minimum Gasteiger partial charge on any atom is -0.497 e. The number of fused-ring (bicyclic) bond motifs is 1. The van der Waals surface area contributed by atoms with Crippen LogP contribution in [0.5, 0.6) is 5.75 Å². The van der Waals surface area contributed by atoms with Crippen LogP contribution in [0.25, 0.3) is 10.1 Å². The average Bonchev–Trinajstić information content (AvgIpc) is 3.03. The average molecular weight is 306 g/mol. The number of hydrogen-bond donors (Lipinski definition) is 2. The lowest BCUT2D eigenvalue weighted by Crippen LogP contribution is -2.46. The molecule has 1 aromatic carbocycles. The molecule has 3 N–H and O–H groups in total. The van der Waals surface area contributed by atoms with Crippen LogP contribution in [0.4, 0.5) is 5.69 Å². The SMILES string of the molecule is COc1ccc2c(N)c(C(=O)NC3(C)CCOC3)sc2c1. The molecule has 1 aromatic heterocycles. The number of nitrogens with one attached hydrogen (secondary N) is 1. The Balaban J connectivity index is 1.92. The number of rotatable bonds is 3. The molecule has 0 aliphatic carbocycles. The summed E-state index contributed by atoms with van der Waals surface area (Å²) in [4.78, 5) is 13.0. The maximum absolute atomic E-state index is 12.5. The van der Waals surface area contributed by atoms with Crippen molar-refractivity contribution in [2.45, 2.75) is 18.9 Å². The van der Waals surface area contributed by atoms with Crippen LogP contribution < -0.4 is 15.8 Å². The molecule has 6 heteroatoms. The van der Waals surface area contributed by atoms with Crippen LogP contribution in [0.15, 0.2) is 18.2 Å². The summed E-state index contributed by atoms with van der Waals surface area (Å²) in [5.41, 5.74) is 6.34. The highest BCUT2D eigenvalue weighted by Gasteiger charge is 2.32. The number of carbonyl (C=O) groups excluding carboxylic acids is 1. The zero-order chi connectivity index (χ0) is 15.0. The van der Waals surface area contributed by atoms with Crippen molar-refractivity contribution in [3.8, 4) is 5.75 Å². The van der Waals surface area contributed by atoms with Gasteiger partial charge in [0.1, 0.15) is 10.6 Å². The number of benzene rings is 1. The second-order valence-electron chi connectivity index (χ2n) is 5.52. The molecule has 3 rings (SSSR count). The Morgan fingerprint density at radius 3 is 3.00 bits per heavy atom. The predicted octanol–water partition coefficient (Wildman–Crippen LogP) is 2.40. The molecule has 21 heavy (non-hydrogen) atoms. The first-order chi connectivity index (χ1) is 10.0. The van der Waals surface area contributed by atoms with Crippen LogP contribution in [-0.4, -0.2) is 31.8 Å². The van der Waals surface area contributed by atoms with E-state index in [4.69, 9.17) is 15.2 Å². The Morgan fingerprint density at radius 1 is 1.52 bits per heavy atom. The fourth-order valence-corrected chi connectivity index (χ4v) is 3.54. The molecular formula is C15H18N2O3S. The molecule has 1 aliphatic heterocycles. The number of anilines is 1. The van der Waals surface area contributed by atoms with Gasteiger partial charge in [0.05, 0.1) is 24.9 Å². The van der Waals surface area contributed by atoms with Crippen LogP contribution in [0.2, 0.25) is 0 Å². The molecule has 1 unspecified atom stereocenters. The summed E-state index contributed by atoms with van der Waals surface area (Å²) in [6, 6.07) is 5.63. The van der Waals surface area contributed by atoms with E-state index in [1.54, 1.807) is 7.11 Å². The van der Waals surface area contributed by atoms with Gasteiger partial charge in [0.15, 0.2) is 0 Å². The summed E-state index contributed by atoms with van der Waals surface area (Å²) in [7, 11) is 1.62. The van der Waals surface area contributed by atoms with Crippen LogP contribution in [-0.2, 0) is 4.74 Å². The number of amides is 1. The number of nitrogens with two attached hydrogens (primary N) is 1. The molecule has 1 amide bonds. The minimum atomic E-state index is -0.308. The van der Waals surface area contributed by atoms with E-state index in [0.717, 1.165) is 22.3 Å². The zero-order valence-electron chi connectivity index (χ0n) is 12.1. The van der Waals surface area contributed by atoms with E-state index in [1.165, 1.54) is 11.3 Å². The number of thiophene rings is 1. The number of ether oxygens (including phenoxy) is 2. The summed E-state index contributed by atoms with van der Waals surface area (Å²) < 4.78 is 11.5. The van der Waals surface area contributed by atoms with E-state index in [-0.39, 0.29) is 11.4 Å². The fraction of sp³-hybridized carbons (Fsp3) is 0.400. The second-order valence-corrected chi connectivity index (χ2v) is 6.58. The van der Waals surface area contributed by atoms with Gasteiger partial charge in [-0.1, -0.05) is 0 Å². The molecule has 0 saturated carbocycles. The van der Waals surface area contributed by atoms with E-state index >= 15 is 0 Å². The summed E-state index contributed by atoms with van der Waals surface area (Å²) in [6.45, 7) is 3.21. The molecular weight excluding hydrogens is 288 g/mol. The number of hydrogen-bond acceptors (Lipinski definition) is 5. The second kappa shape index (κ2) is 5.20. The highest BCUT2D eigenvalue weighted by atomic mass is 32.1. The monoisotopic (exact) mass is 306 g/mol. The molecule has 0 spiro atoms. The first-order valence-corrected chi connectivity index (χ1v) is 7.60. The third-order valence-corrected chi connectivity index (χ3v) is 4.94. The quantitative estimate of drug-likeness (QED) is 0.913. The Hall–Kier alpha value is -1.79. The highest BCUT2D eigenvalue weighted by molar-refractivity contribution is 7.21. The molecule has 1 atom stereocenters. The first-order valence-electron chi connectivity index (χ1n) is 6.79. The molecule has 0 bridgehead atoms. The van der Waals surface area contributed by atoms with Gasteiger partial charge in [-0.2, -0.15) is 0 Å². The van der Waals surface area contributed by atoms with Crippen LogP contribution in [0.3, 0.4) is 0 Å². The van der Waals surface area contributed by atoms with Gasteiger partial charge in [-0.3, -0.25) is 4.79 Å². The van der Waals surface area contributed by atoms with Crippen molar-refractivity contribution >= 4 is 33.0 Å². The summed E-state index contributed by atoms with van der Waals surface area (Å²) in [5, 5.41) is 3.92. The third-order valence-electron chi connectivity index (χ3n) is 3.78. The molecule has 112 valence electrons. The molecule has 0 radical (unpaired) electrons. The van der Waals surface area contributed by atoms with Gasteiger partial charge in [0.2, 0.25) is 0 Å². The van der Waals surface area contributed by atoms with Crippen molar-refractivity contribution in [3.05, 3.63) is 23.1 Å². The Morgan fingerprint density at radius 2 is 2.33 bits per heavy atom. The van der Waals surface area contributed by atoms with Crippen molar-refractivity contribution in [3.63, 3.8) is 0 Å². The third kappa shape index (κ3) is 2.56. The number of methoxy groups -OCH3 is 1. The van der Waals surface area contributed by atoms with Crippen molar-refractivity contribution < 1.29 is 14.3 Å². The molecule has 2 aromatic rings. The molecule has 1 saturated heterocycles. The number of nitrogen functional groups attached to an aromatic ring is 1. The van der Waals surface area contributed by atoms with Gasteiger partial charge in [-0.15, -0.1) is 11.3 Å². The van der Waals surface area contributed by atoms with Gasteiger partial charge in [0.25, 0.3) is 5.91 Å². The van der Waals surface area contributed by atoms with Crippen LogP contribution in [0, 0.1) is 0 Å². The molecule has 1 aliphatic rings. The van der Waals surface area contributed by atoms with E-state index in [0.29, 0.717) is 23.8 Å². The van der Waals surface area contributed by atoms with Crippen molar-refractivity contribution in [1.29, 1.82) is 0 Å². The van der Waals surface area contributed by atoms with Crippen LogP contribution in [0.1, 0.15) is 23.0 Å². The Bertz CT molecular complexity index is 690. The van der Waals surface area contributed by atoms with E-state index < -0.39 is 0 Å². The lowest BCUT2D eigenvalue weighted by molar-refractivity contribution is 0.0895. The lowest BCUT2D eigenvalue weighted by Gasteiger charge is -2.23. The lowest BCUT2D eigenvalue weighted by atomic mass is 10.0.